The van der Waals surface area contributed by atoms with Gasteiger partial charge in [-0.15, -0.1) is 0 Å². The molecule has 2 aromatic carbocycles. The first-order valence-corrected chi connectivity index (χ1v) is 11.0. The maximum Gasteiger partial charge on any atom is 0.288 e. The Kier molecular flexibility index (Phi) is 6.36. The van der Waals surface area contributed by atoms with Crippen LogP contribution < -0.4 is 4.74 Å². The summed E-state index contributed by atoms with van der Waals surface area (Å²) < 4.78 is 5.16. The van der Waals surface area contributed by atoms with E-state index in [9.17, 15) is 19.2 Å². The number of carbonyl (C=O) groups excluding carboxylic acids is 4. The van der Waals surface area contributed by atoms with Gasteiger partial charge in [-0.3, -0.25) is 34.0 Å². The number of nitrogens with zero attached hydrogens (tertiary/aromatic N) is 3. The van der Waals surface area contributed by atoms with Crippen molar-refractivity contribution in [1.82, 2.24) is 9.80 Å². The summed E-state index contributed by atoms with van der Waals surface area (Å²) in [5.74, 6) is -0.825. The van der Waals surface area contributed by atoms with Crippen LogP contribution >= 0.6 is 11.8 Å². The number of carbonyl (C=O) groups is 4. The van der Waals surface area contributed by atoms with E-state index in [1.54, 1.807) is 43.5 Å². The van der Waals surface area contributed by atoms with Crippen LogP contribution in [0.5, 0.6) is 5.75 Å². The summed E-state index contributed by atoms with van der Waals surface area (Å²) in [5, 5.41) is -0.277. The van der Waals surface area contributed by atoms with E-state index >= 15 is 0 Å². The lowest BCUT2D eigenvalue weighted by atomic mass is 9.89. The molecule has 0 aromatic heterocycles. The van der Waals surface area contributed by atoms with Crippen molar-refractivity contribution in [3.63, 3.8) is 0 Å². The molecule has 0 radical (unpaired) electrons. The van der Waals surface area contributed by atoms with Gasteiger partial charge in [0.25, 0.3) is 11.1 Å². The van der Waals surface area contributed by atoms with Gasteiger partial charge in [0.15, 0.2) is 0 Å². The van der Waals surface area contributed by atoms with Gasteiger partial charge in [0.05, 0.1) is 31.9 Å². The first kappa shape index (κ1) is 21.8. The van der Waals surface area contributed by atoms with Crippen molar-refractivity contribution in [3.8, 4) is 5.75 Å². The molecule has 4 rings (SSSR count). The highest BCUT2D eigenvalue weighted by molar-refractivity contribution is 8.14. The van der Waals surface area contributed by atoms with E-state index in [0.717, 1.165) is 22.2 Å². The van der Waals surface area contributed by atoms with Crippen LogP contribution in [0.25, 0.3) is 0 Å². The molecule has 2 aromatic rings. The molecule has 1 atom stereocenters. The Hall–Kier alpha value is -3.46. The maximum atomic E-state index is 13.2. The predicted octanol–water partition coefficient (Wildman–Crippen LogP) is 2.73. The summed E-state index contributed by atoms with van der Waals surface area (Å²) in [4.78, 5) is 56.4. The molecular weight excluding hydrogens is 430 g/mol. The van der Waals surface area contributed by atoms with Gasteiger partial charge < -0.3 is 4.74 Å². The summed E-state index contributed by atoms with van der Waals surface area (Å²) in [6, 6.07) is 14.2. The van der Waals surface area contributed by atoms with Crippen LogP contribution in [0.4, 0.5) is 4.79 Å². The van der Waals surface area contributed by atoms with Crippen LogP contribution in [0.1, 0.15) is 27.4 Å². The number of benzene rings is 2. The van der Waals surface area contributed by atoms with Crippen LogP contribution in [0.15, 0.2) is 53.5 Å². The fourth-order valence-corrected chi connectivity index (χ4v) is 4.40. The lowest BCUT2D eigenvalue weighted by Gasteiger charge is -2.31. The standard InChI is InChI=1S/C23H21N3O5S/c1-31-16-8-6-15(7-9-16)13-26-21(28)18-5-3-2-4-17(18)19(22(26)29)12-24-10-11-25-20(27)14-32-23(25)30/h2-9,12,19H,10-11,13-14H2,1H3/t19-/m1/s1. The van der Waals surface area contributed by atoms with E-state index in [-0.39, 0.29) is 48.3 Å². The van der Waals surface area contributed by atoms with Gasteiger partial charge in [-0.2, -0.15) is 0 Å². The number of aliphatic imine (C=N–C) groups is 1. The van der Waals surface area contributed by atoms with E-state index in [0.29, 0.717) is 16.9 Å². The summed E-state index contributed by atoms with van der Waals surface area (Å²) in [6.07, 6.45) is 1.51. The topological polar surface area (TPSA) is 96.3 Å². The molecule has 0 spiro atoms. The Morgan fingerprint density at radius 3 is 2.50 bits per heavy atom. The molecule has 2 aliphatic heterocycles. The molecule has 0 unspecified atom stereocenters. The SMILES string of the molecule is COc1ccc(CN2C(=O)c3ccccc3[C@@H](C=NCCN3C(=O)CSC3=O)C2=O)cc1. The average Bonchev–Trinajstić information content (AvgIpc) is 3.13. The van der Waals surface area contributed by atoms with E-state index in [1.165, 1.54) is 11.1 Å². The minimum Gasteiger partial charge on any atom is -0.497 e. The van der Waals surface area contributed by atoms with Crippen LogP contribution in [0, 0.1) is 0 Å². The molecule has 2 heterocycles. The highest BCUT2D eigenvalue weighted by atomic mass is 32.2. The van der Waals surface area contributed by atoms with Crippen molar-refractivity contribution in [2.45, 2.75) is 12.5 Å². The predicted molar refractivity (Wildman–Crippen MR) is 120 cm³/mol. The highest BCUT2D eigenvalue weighted by Gasteiger charge is 2.37. The van der Waals surface area contributed by atoms with Gasteiger partial charge in [0, 0.05) is 18.3 Å². The van der Waals surface area contributed by atoms with Crippen LogP contribution in [-0.4, -0.2) is 64.9 Å². The molecule has 8 nitrogen and oxygen atoms in total. The summed E-state index contributed by atoms with van der Waals surface area (Å²) in [5.41, 5.74) is 1.85. The number of imide groups is 2. The largest absolute Gasteiger partial charge is 0.497 e. The third kappa shape index (κ3) is 4.29. The van der Waals surface area contributed by atoms with E-state index in [1.807, 2.05) is 12.1 Å². The zero-order valence-electron chi connectivity index (χ0n) is 17.4. The molecule has 9 heteroatoms. The Morgan fingerprint density at radius 1 is 1.06 bits per heavy atom. The number of fused-ring (bicyclic) bond motifs is 1. The van der Waals surface area contributed by atoms with Crippen molar-refractivity contribution < 1.29 is 23.9 Å². The number of rotatable bonds is 7. The first-order valence-electron chi connectivity index (χ1n) is 10.0. The summed E-state index contributed by atoms with van der Waals surface area (Å²) >= 11 is 0.974. The molecule has 1 fully saturated rings. The molecule has 0 bridgehead atoms. The molecule has 2 aliphatic rings. The number of methoxy groups -OCH3 is 1. The monoisotopic (exact) mass is 451 g/mol. The maximum absolute atomic E-state index is 13.2. The number of amides is 4. The van der Waals surface area contributed by atoms with Gasteiger partial charge in [0.2, 0.25) is 11.8 Å². The normalized spacial score (nSPS) is 18.6. The summed E-state index contributed by atoms with van der Waals surface area (Å²) in [6.45, 7) is 0.489. The fourth-order valence-electron chi connectivity index (χ4n) is 3.65. The minimum absolute atomic E-state index is 0.133. The Balaban J connectivity index is 1.53. The van der Waals surface area contributed by atoms with Crippen molar-refractivity contribution in [2.24, 2.45) is 4.99 Å². The van der Waals surface area contributed by atoms with E-state index in [4.69, 9.17) is 4.74 Å². The van der Waals surface area contributed by atoms with Crippen LogP contribution in [0.3, 0.4) is 0 Å². The second-order valence-electron chi connectivity index (χ2n) is 7.30. The lowest BCUT2D eigenvalue weighted by molar-refractivity contribution is -0.129. The van der Waals surface area contributed by atoms with Gasteiger partial charge in [-0.25, -0.2) is 0 Å². The third-order valence-corrected chi connectivity index (χ3v) is 6.21. The number of hydrogen-bond donors (Lipinski definition) is 0. The van der Waals surface area contributed by atoms with Crippen LogP contribution in [-0.2, 0) is 16.1 Å². The molecule has 164 valence electrons. The van der Waals surface area contributed by atoms with E-state index in [2.05, 4.69) is 4.99 Å². The molecule has 1 saturated heterocycles. The van der Waals surface area contributed by atoms with Gasteiger partial charge in [0.1, 0.15) is 5.75 Å². The zero-order chi connectivity index (χ0) is 22.7. The number of hydrogen-bond acceptors (Lipinski definition) is 7. The Bertz CT molecular complexity index is 1080. The molecule has 0 aliphatic carbocycles. The molecular formula is C23H21N3O5S. The van der Waals surface area contributed by atoms with Crippen molar-refractivity contribution >= 4 is 40.9 Å². The van der Waals surface area contributed by atoms with Crippen molar-refractivity contribution in [1.29, 1.82) is 0 Å². The summed E-state index contributed by atoms with van der Waals surface area (Å²) in [7, 11) is 1.57. The fraction of sp³-hybridized carbons (Fsp3) is 0.261. The molecule has 0 saturated carbocycles. The van der Waals surface area contributed by atoms with Crippen LogP contribution in [0.2, 0.25) is 0 Å². The quantitative estimate of drug-likeness (QED) is 0.474. The van der Waals surface area contributed by atoms with Crippen molar-refractivity contribution in [2.75, 3.05) is 26.0 Å². The van der Waals surface area contributed by atoms with Gasteiger partial charge in [-0.1, -0.05) is 42.1 Å². The van der Waals surface area contributed by atoms with Gasteiger partial charge in [-0.05, 0) is 29.3 Å². The minimum atomic E-state index is -0.721. The average molecular weight is 452 g/mol. The van der Waals surface area contributed by atoms with E-state index < -0.39 is 5.92 Å². The Labute approximate surface area is 189 Å². The zero-order valence-corrected chi connectivity index (χ0v) is 18.2. The molecule has 32 heavy (non-hydrogen) atoms. The lowest BCUT2D eigenvalue weighted by Crippen LogP contribution is -2.44. The highest BCUT2D eigenvalue weighted by Crippen LogP contribution is 2.30. The second kappa shape index (κ2) is 9.35. The second-order valence-corrected chi connectivity index (χ2v) is 8.22. The third-order valence-electron chi connectivity index (χ3n) is 5.35. The Morgan fingerprint density at radius 2 is 1.81 bits per heavy atom. The first-order chi connectivity index (χ1) is 15.5. The molecule has 4 amide bonds. The molecule has 0 N–H and O–H groups in total. The van der Waals surface area contributed by atoms with Crippen molar-refractivity contribution in [3.05, 3.63) is 65.2 Å². The number of ether oxygens (including phenoxy) is 1. The van der Waals surface area contributed by atoms with Gasteiger partial charge >= 0.3 is 0 Å². The number of thioether (sulfide) groups is 1. The smallest absolute Gasteiger partial charge is 0.288 e.